The summed E-state index contributed by atoms with van der Waals surface area (Å²) in [7, 11) is 1.23. The highest BCUT2D eigenvalue weighted by Gasteiger charge is 2.32. The highest BCUT2D eigenvalue weighted by atomic mass is 17.2. The van der Waals surface area contributed by atoms with Crippen LogP contribution < -0.4 is 19.2 Å². The molecule has 0 bridgehead atoms. The van der Waals surface area contributed by atoms with E-state index in [1.807, 2.05) is 35.6 Å². The van der Waals surface area contributed by atoms with Crippen molar-refractivity contribution in [1.82, 2.24) is 9.13 Å². The second kappa shape index (κ2) is 13.0. The molecule has 2 rings (SSSR count). The van der Waals surface area contributed by atoms with Gasteiger partial charge in [0.1, 0.15) is 50.3 Å². The third-order valence-electron chi connectivity index (χ3n) is 3.10. The fraction of sp³-hybridized carbons (Fsp3) is 0.438. The zero-order chi connectivity index (χ0) is 21.6. The maximum Gasteiger partial charge on any atom is 0.354 e. The number of hydrogen-bond donors (Lipinski definition) is 0. The van der Waals surface area contributed by atoms with Crippen LogP contribution in [0.15, 0.2) is 37.4 Å². The van der Waals surface area contributed by atoms with Crippen LogP contribution in [0.4, 0.5) is 0 Å². The van der Waals surface area contributed by atoms with E-state index in [1.165, 1.54) is 0 Å². The number of aryl methyl sites for hydroxylation is 4. The number of hydrogen-bond acceptors (Lipinski definition) is 7. The molecule has 0 fully saturated rings. The van der Waals surface area contributed by atoms with Gasteiger partial charge >= 0.3 is 5.60 Å². The summed E-state index contributed by atoms with van der Waals surface area (Å²) in [5.74, 6) is 0. The number of nitriles is 3. The quantitative estimate of drug-likeness (QED) is 0.240. The van der Waals surface area contributed by atoms with Gasteiger partial charge in [0.2, 0.25) is 12.7 Å². The molecule has 28 heavy (non-hydrogen) atoms. The second-order valence-electron chi connectivity index (χ2n) is 5.30. The zero-order valence-corrected chi connectivity index (χ0v) is 16.2. The molecule has 0 saturated heterocycles. The van der Waals surface area contributed by atoms with Gasteiger partial charge < -0.3 is 14.9 Å². The van der Waals surface area contributed by atoms with E-state index in [1.54, 1.807) is 0 Å². The summed E-state index contributed by atoms with van der Waals surface area (Å²) in [5.41, 5.74) is -2.55. The minimum atomic E-state index is -2.81. The molecule has 0 radical (unpaired) electrons. The van der Waals surface area contributed by atoms with Gasteiger partial charge in [-0.2, -0.15) is 15.8 Å². The van der Waals surface area contributed by atoms with Crippen LogP contribution in [0.5, 0.6) is 0 Å². The summed E-state index contributed by atoms with van der Waals surface area (Å²) in [6, 6.07) is 3.37. The van der Waals surface area contributed by atoms with Crippen molar-refractivity contribution < 1.29 is 28.9 Å². The highest BCUT2D eigenvalue weighted by Crippen LogP contribution is 2.06. The topological polar surface area (TPSA) is 154 Å². The van der Waals surface area contributed by atoms with Gasteiger partial charge in [-0.25, -0.2) is 23.2 Å². The Morgan fingerprint density at radius 1 is 0.929 bits per heavy atom. The Kier molecular flexibility index (Phi) is 11.5. The molecule has 0 saturated carbocycles. The van der Waals surface area contributed by atoms with Crippen LogP contribution >= 0.6 is 0 Å². The average Bonchev–Trinajstić information content (AvgIpc) is 3.32. The molecule has 0 unspecified atom stereocenters. The molecule has 0 aliphatic rings. The summed E-state index contributed by atoms with van der Waals surface area (Å²) < 4.78 is 8.31. The minimum Gasteiger partial charge on any atom is -0.868 e. The van der Waals surface area contributed by atoms with Gasteiger partial charge in [-0.05, 0) is 13.8 Å². The lowest BCUT2D eigenvalue weighted by Crippen LogP contribution is -2.49. The summed E-state index contributed by atoms with van der Waals surface area (Å²) in [6.07, 6.45) is 12.3. The fourth-order valence-corrected chi connectivity index (χ4v) is 1.62. The summed E-state index contributed by atoms with van der Waals surface area (Å²) in [6.45, 7) is 6.36. The van der Waals surface area contributed by atoms with E-state index in [0.29, 0.717) is 0 Å². The van der Waals surface area contributed by atoms with Gasteiger partial charge in [0.05, 0.1) is 27.2 Å². The first-order chi connectivity index (χ1) is 13.2. The Labute approximate surface area is 164 Å². The molecule has 2 aromatic rings. The smallest absolute Gasteiger partial charge is 0.354 e. The van der Waals surface area contributed by atoms with Crippen LogP contribution in [-0.4, -0.2) is 22.1 Å². The second-order valence-corrected chi connectivity index (χ2v) is 5.30. The van der Waals surface area contributed by atoms with Gasteiger partial charge in [-0.15, -0.1) is 0 Å². The van der Waals surface area contributed by atoms with Crippen molar-refractivity contribution >= 4 is 7.32 Å². The van der Waals surface area contributed by atoms with Crippen LogP contribution in [0.1, 0.15) is 13.8 Å². The van der Waals surface area contributed by atoms with Gasteiger partial charge in [0, 0.05) is 0 Å². The van der Waals surface area contributed by atoms with Gasteiger partial charge in [0.25, 0.3) is 0 Å². The van der Waals surface area contributed by atoms with E-state index < -0.39 is 12.9 Å². The normalized spacial score (nSPS) is 9.54. The third kappa shape index (κ3) is 9.48. The third-order valence-corrected chi connectivity index (χ3v) is 3.10. The monoisotopic (exact) mass is 387 g/mol. The van der Waals surface area contributed by atoms with Crippen LogP contribution in [0.2, 0.25) is 0 Å². The molecule has 2 aromatic heterocycles. The summed E-state index contributed by atoms with van der Waals surface area (Å²) in [5, 5.41) is 43.9. The molecule has 0 atom stereocenters. The SMILES string of the molecule is CCn1cc[n+](C)c1.CCn1cc[n+](C)c1.N#CC(C#N)(C#N)OOB([O-])[O-]. The first-order valence-electron chi connectivity index (χ1n) is 8.17. The molecular formula is C16H22BN7O4. The molecule has 12 heteroatoms. The molecule has 2 heterocycles. The molecular weight excluding hydrogens is 365 g/mol. The number of nitrogens with zero attached hydrogens (tertiary/aromatic N) is 7. The van der Waals surface area contributed by atoms with E-state index in [2.05, 4.69) is 57.7 Å². The first-order valence-corrected chi connectivity index (χ1v) is 8.17. The number of aromatic nitrogens is 4. The predicted octanol–water partition coefficient (Wildman–Crippen LogP) is -2.39. The van der Waals surface area contributed by atoms with Gasteiger partial charge in [-0.3, -0.25) is 0 Å². The Morgan fingerprint density at radius 2 is 1.32 bits per heavy atom. The van der Waals surface area contributed by atoms with E-state index in [4.69, 9.17) is 15.8 Å². The fourth-order valence-electron chi connectivity index (χ4n) is 1.62. The van der Waals surface area contributed by atoms with Gasteiger partial charge in [0.15, 0.2) is 0 Å². The average molecular weight is 387 g/mol. The molecule has 11 nitrogen and oxygen atoms in total. The van der Waals surface area contributed by atoms with Crippen molar-refractivity contribution in [2.75, 3.05) is 0 Å². The largest absolute Gasteiger partial charge is 0.868 e. The van der Waals surface area contributed by atoms with Crippen molar-refractivity contribution in [3.8, 4) is 18.2 Å². The first kappa shape index (κ1) is 24.8. The van der Waals surface area contributed by atoms with Crippen molar-refractivity contribution in [3.63, 3.8) is 0 Å². The van der Waals surface area contributed by atoms with Crippen LogP contribution in [0.3, 0.4) is 0 Å². The molecule has 0 N–H and O–H groups in total. The number of rotatable bonds is 5. The van der Waals surface area contributed by atoms with Crippen molar-refractivity contribution in [3.05, 3.63) is 37.4 Å². The Balaban J connectivity index is 0.000000402. The number of imidazole rings is 2. The summed E-state index contributed by atoms with van der Waals surface area (Å²) >= 11 is 0. The van der Waals surface area contributed by atoms with Crippen molar-refractivity contribution in [2.24, 2.45) is 14.1 Å². The molecule has 0 aliphatic carbocycles. The molecule has 0 amide bonds. The molecule has 0 aromatic carbocycles. The molecule has 148 valence electrons. The standard InChI is InChI=1S/2C6H11N2.C4BN3O4/c2*1-3-8-5-4-7(2)6-8;6-1-4(2-7,3-8)11-12-5(9)10/h2*4-6H,3H2,1-2H3;/q2*+1;-2. The lowest BCUT2D eigenvalue weighted by atomic mass is 10.1. The highest BCUT2D eigenvalue weighted by molar-refractivity contribution is 6.27. The van der Waals surface area contributed by atoms with E-state index in [-0.39, 0.29) is 0 Å². The van der Waals surface area contributed by atoms with E-state index >= 15 is 0 Å². The zero-order valence-electron chi connectivity index (χ0n) is 16.2. The van der Waals surface area contributed by atoms with Crippen LogP contribution in [0, 0.1) is 34.0 Å². The van der Waals surface area contributed by atoms with Crippen LogP contribution in [0.25, 0.3) is 0 Å². The predicted molar refractivity (Wildman–Crippen MR) is 90.1 cm³/mol. The van der Waals surface area contributed by atoms with Crippen LogP contribution in [-0.2, 0) is 36.9 Å². The molecule has 0 aliphatic heterocycles. The van der Waals surface area contributed by atoms with Crippen molar-refractivity contribution in [2.45, 2.75) is 32.5 Å². The van der Waals surface area contributed by atoms with Gasteiger partial charge in [-0.1, -0.05) is 0 Å². The maximum absolute atomic E-state index is 9.69. The Morgan fingerprint density at radius 3 is 1.50 bits per heavy atom. The van der Waals surface area contributed by atoms with E-state index in [0.717, 1.165) is 31.3 Å². The minimum absolute atomic E-state index is 1.06. The summed E-state index contributed by atoms with van der Waals surface area (Å²) in [4.78, 5) is 7.13. The van der Waals surface area contributed by atoms with Crippen molar-refractivity contribution in [1.29, 1.82) is 15.8 Å². The lowest BCUT2D eigenvalue weighted by molar-refractivity contribution is -0.671. The Bertz CT molecular complexity index is 753. The lowest BCUT2D eigenvalue weighted by Gasteiger charge is -2.25. The maximum atomic E-state index is 9.69. The molecule has 0 spiro atoms. The van der Waals surface area contributed by atoms with E-state index in [9.17, 15) is 10.0 Å². The Hall–Kier alpha value is -3.21.